The number of rotatable bonds is 5. The molecule has 0 saturated heterocycles. The Morgan fingerprint density at radius 1 is 1.31 bits per heavy atom. The largest absolute Gasteiger partial charge is 0.481 e. The Balaban J connectivity index is 2.81. The van der Waals surface area contributed by atoms with Crippen molar-refractivity contribution < 1.29 is 19.4 Å². The lowest BCUT2D eigenvalue weighted by Crippen LogP contribution is -2.10. The lowest BCUT2D eigenvalue weighted by molar-refractivity contribution is -0.138. The van der Waals surface area contributed by atoms with Crippen molar-refractivity contribution in [2.75, 3.05) is 6.61 Å². The first-order valence-electron chi connectivity index (χ1n) is 4.89. The zero-order valence-corrected chi connectivity index (χ0v) is 8.64. The number of allylic oxidation sites excluding steroid dienone is 1. The van der Waals surface area contributed by atoms with E-state index in [1.165, 1.54) is 30.3 Å². The number of carboxylic acid groups (broad SMARTS) is 1. The van der Waals surface area contributed by atoms with Crippen LogP contribution in [0.2, 0.25) is 0 Å². The van der Waals surface area contributed by atoms with Crippen LogP contribution in [0.1, 0.15) is 17.9 Å². The quantitative estimate of drug-likeness (QED) is 0.751. The van der Waals surface area contributed by atoms with Crippen LogP contribution in [-0.4, -0.2) is 22.8 Å². The van der Waals surface area contributed by atoms with Gasteiger partial charge in [0.25, 0.3) is 0 Å². The highest BCUT2D eigenvalue weighted by Gasteiger charge is 2.17. The molecule has 1 aromatic rings. The van der Waals surface area contributed by atoms with Gasteiger partial charge in [0.2, 0.25) is 0 Å². The first-order valence-corrected chi connectivity index (χ1v) is 4.89. The maximum atomic E-state index is 12.7. The predicted molar refractivity (Wildman–Crippen MR) is 57.6 cm³/mol. The average molecular weight is 224 g/mol. The highest BCUT2D eigenvalue weighted by Crippen LogP contribution is 2.20. The third-order valence-electron chi connectivity index (χ3n) is 2.21. The standard InChI is InChI=1S/C12H13FO3/c13-10-6-4-9(5-7-10)11(12(15)16)3-1-2-8-14/h1-2,4-7,11,14H,3,8H2,(H,15,16). The summed E-state index contributed by atoms with van der Waals surface area (Å²) in [4.78, 5) is 11.0. The minimum atomic E-state index is -0.964. The van der Waals surface area contributed by atoms with Crippen molar-refractivity contribution in [1.29, 1.82) is 0 Å². The molecule has 0 spiro atoms. The third-order valence-corrected chi connectivity index (χ3v) is 2.21. The summed E-state index contributed by atoms with van der Waals surface area (Å²) in [6.45, 7) is -0.115. The predicted octanol–water partition coefficient (Wildman–Crippen LogP) is 1.93. The highest BCUT2D eigenvalue weighted by molar-refractivity contribution is 5.76. The normalized spacial score (nSPS) is 12.9. The van der Waals surface area contributed by atoms with E-state index in [0.717, 1.165) is 0 Å². The second-order valence-corrected chi connectivity index (χ2v) is 3.33. The summed E-state index contributed by atoms with van der Waals surface area (Å²) in [6, 6.07) is 5.39. The van der Waals surface area contributed by atoms with Crippen molar-refractivity contribution in [3.63, 3.8) is 0 Å². The van der Waals surface area contributed by atoms with Crippen LogP contribution in [0.15, 0.2) is 36.4 Å². The zero-order chi connectivity index (χ0) is 12.0. The summed E-state index contributed by atoms with van der Waals surface area (Å²) in [5, 5.41) is 17.5. The minimum absolute atomic E-state index is 0.115. The molecule has 0 aromatic heterocycles. The highest BCUT2D eigenvalue weighted by atomic mass is 19.1. The van der Waals surface area contributed by atoms with E-state index in [4.69, 9.17) is 10.2 Å². The zero-order valence-electron chi connectivity index (χ0n) is 8.64. The van der Waals surface area contributed by atoms with Crippen LogP contribution < -0.4 is 0 Å². The van der Waals surface area contributed by atoms with Gasteiger partial charge in [-0.2, -0.15) is 0 Å². The molecule has 3 nitrogen and oxygen atoms in total. The number of hydrogen-bond donors (Lipinski definition) is 2. The molecular weight excluding hydrogens is 211 g/mol. The molecule has 0 amide bonds. The molecular formula is C12H13FO3. The van der Waals surface area contributed by atoms with Crippen LogP contribution in [0.4, 0.5) is 4.39 Å². The molecule has 0 heterocycles. The van der Waals surface area contributed by atoms with E-state index < -0.39 is 17.7 Å². The summed E-state index contributed by atoms with van der Waals surface area (Å²) in [5.41, 5.74) is 0.552. The number of carbonyl (C=O) groups is 1. The van der Waals surface area contributed by atoms with Gasteiger partial charge in [-0.15, -0.1) is 0 Å². The van der Waals surface area contributed by atoms with Gasteiger partial charge in [0, 0.05) is 0 Å². The Morgan fingerprint density at radius 2 is 1.94 bits per heavy atom. The Labute approximate surface area is 92.8 Å². The number of halogens is 1. The van der Waals surface area contributed by atoms with Crippen molar-refractivity contribution in [3.8, 4) is 0 Å². The van der Waals surface area contributed by atoms with Crippen molar-refractivity contribution in [2.45, 2.75) is 12.3 Å². The molecule has 0 bridgehead atoms. The van der Waals surface area contributed by atoms with Crippen molar-refractivity contribution in [2.24, 2.45) is 0 Å². The van der Waals surface area contributed by atoms with Crippen LogP contribution in [-0.2, 0) is 4.79 Å². The van der Waals surface area contributed by atoms with Crippen molar-refractivity contribution >= 4 is 5.97 Å². The fraction of sp³-hybridized carbons (Fsp3) is 0.250. The van der Waals surface area contributed by atoms with Gasteiger partial charge >= 0.3 is 5.97 Å². The number of carboxylic acids is 1. The van der Waals surface area contributed by atoms with Gasteiger partial charge in [0.1, 0.15) is 5.82 Å². The van der Waals surface area contributed by atoms with E-state index in [2.05, 4.69) is 0 Å². The number of hydrogen-bond acceptors (Lipinski definition) is 2. The summed E-state index contributed by atoms with van der Waals surface area (Å²) >= 11 is 0. The number of aliphatic hydroxyl groups is 1. The Bertz CT molecular complexity index is 370. The summed E-state index contributed by atoms with van der Waals surface area (Å²) in [7, 11) is 0. The average Bonchev–Trinajstić information content (AvgIpc) is 2.26. The fourth-order valence-electron chi connectivity index (χ4n) is 1.38. The van der Waals surface area contributed by atoms with Crippen molar-refractivity contribution in [3.05, 3.63) is 47.8 Å². The summed E-state index contributed by atoms with van der Waals surface area (Å²) in [5.74, 6) is -2.06. The van der Waals surface area contributed by atoms with E-state index in [9.17, 15) is 9.18 Å². The molecule has 16 heavy (non-hydrogen) atoms. The van der Waals surface area contributed by atoms with E-state index >= 15 is 0 Å². The van der Waals surface area contributed by atoms with Crippen LogP contribution >= 0.6 is 0 Å². The first kappa shape index (κ1) is 12.4. The van der Waals surface area contributed by atoms with Crippen LogP contribution in [0, 0.1) is 5.82 Å². The molecule has 0 radical (unpaired) electrons. The van der Waals surface area contributed by atoms with Gasteiger partial charge in [-0.1, -0.05) is 24.3 Å². The third kappa shape index (κ3) is 3.47. The van der Waals surface area contributed by atoms with E-state index in [-0.39, 0.29) is 13.0 Å². The van der Waals surface area contributed by atoms with Crippen LogP contribution in [0.3, 0.4) is 0 Å². The number of aliphatic carboxylic acids is 1. The van der Waals surface area contributed by atoms with Gasteiger partial charge in [-0.05, 0) is 24.1 Å². The number of benzene rings is 1. The van der Waals surface area contributed by atoms with Gasteiger partial charge in [0.15, 0.2) is 0 Å². The Kier molecular flexibility index (Phi) is 4.66. The first-order chi connectivity index (χ1) is 7.65. The summed E-state index contributed by atoms with van der Waals surface area (Å²) in [6.07, 6.45) is 3.36. The van der Waals surface area contributed by atoms with Gasteiger partial charge < -0.3 is 10.2 Å². The Hall–Kier alpha value is -1.68. The van der Waals surface area contributed by atoms with E-state index in [0.29, 0.717) is 5.56 Å². The lowest BCUT2D eigenvalue weighted by atomic mass is 9.96. The second-order valence-electron chi connectivity index (χ2n) is 3.33. The second kappa shape index (κ2) is 6.02. The minimum Gasteiger partial charge on any atom is -0.481 e. The molecule has 1 aromatic carbocycles. The maximum absolute atomic E-state index is 12.7. The maximum Gasteiger partial charge on any atom is 0.311 e. The Morgan fingerprint density at radius 3 is 2.44 bits per heavy atom. The van der Waals surface area contributed by atoms with Gasteiger partial charge in [-0.3, -0.25) is 4.79 Å². The van der Waals surface area contributed by atoms with Crippen LogP contribution in [0.25, 0.3) is 0 Å². The molecule has 0 aliphatic carbocycles. The fourth-order valence-corrected chi connectivity index (χ4v) is 1.38. The summed E-state index contributed by atoms with van der Waals surface area (Å²) < 4.78 is 12.7. The van der Waals surface area contributed by atoms with E-state index in [1.54, 1.807) is 6.08 Å². The molecule has 1 rings (SSSR count). The monoisotopic (exact) mass is 224 g/mol. The molecule has 0 aliphatic rings. The molecule has 0 aliphatic heterocycles. The van der Waals surface area contributed by atoms with Gasteiger partial charge in [-0.25, -0.2) is 4.39 Å². The van der Waals surface area contributed by atoms with E-state index in [1.807, 2.05) is 0 Å². The SMILES string of the molecule is O=C(O)C(CC=CCO)c1ccc(F)cc1. The molecule has 2 N–H and O–H groups in total. The number of aliphatic hydroxyl groups excluding tert-OH is 1. The van der Waals surface area contributed by atoms with Crippen LogP contribution in [0.5, 0.6) is 0 Å². The van der Waals surface area contributed by atoms with Crippen molar-refractivity contribution in [1.82, 2.24) is 0 Å². The molecule has 1 unspecified atom stereocenters. The molecule has 4 heteroatoms. The molecule has 86 valence electrons. The molecule has 1 atom stereocenters. The lowest BCUT2D eigenvalue weighted by Gasteiger charge is -2.09. The van der Waals surface area contributed by atoms with Gasteiger partial charge in [0.05, 0.1) is 12.5 Å². The topological polar surface area (TPSA) is 57.5 Å². The molecule has 0 fully saturated rings. The molecule has 0 saturated carbocycles. The smallest absolute Gasteiger partial charge is 0.311 e.